The van der Waals surface area contributed by atoms with Crippen molar-refractivity contribution in [1.82, 2.24) is 0 Å². The van der Waals surface area contributed by atoms with Gasteiger partial charge in [-0.25, -0.2) is 0 Å². The number of allylic oxidation sites excluding steroid dienone is 7. The summed E-state index contributed by atoms with van der Waals surface area (Å²) in [6.07, 6.45) is 12.5. The largest absolute Gasteiger partial charge is 0.878 e. The number of hydrogen-bond acceptors (Lipinski definition) is 2. The maximum atomic E-state index is 9.75. The van der Waals surface area contributed by atoms with Gasteiger partial charge in [0, 0.05) is 0 Å². The van der Waals surface area contributed by atoms with E-state index in [0.717, 1.165) is 0 Å². The minimum atomic E-state index is 0.700. The number of aldehydes is 1. The van der Waals surface area contributed by atoms with Crippen LogP contribution >= 0.6 is 0 Å². The van der Waals surface area contributed by atoms with Crippen molar-refractivity contribution in [2.45, 2.75) is 0 Å². The fourth-order valence-electron chi connectivity index (χ4n) is 0.411. The van der Waals surface area contributed by atoms with Crippen LogP contribution in [0.25, 0.3) is 0 Å². The Bertz CT molecular complexity index is 198. The molecule has 0 saturated carbocycles. The standard InChI is InChI=1S/C9H10O2/c10-8-6-4-2-1-3-5-7-9-11/h1-10H/p-1/b3-1+,4-2+,7-5+,8-6+. The number of rotatable bonds is 4. The summed E-state index contributed by atoms with van der Waals surface area (Å²) in [4.78, 5) is 9.75. The van der Waals surface area contributed by atoms with E-state index in [2.05, 4.69) is 0 Å². The lowest BCUT2D eigenvalue weighted by atomic mass is 10.4. The Balaban J connectivity index is 3.59. The number of carbonyl (C=O) groups is 1. The van der Waals surface area contributed by atoms with Crippen molar-refractivity contribution in [3.63, 3.8) is 0 Å². The van der Waals surface area contributed by atoms with Crippen LogP contribution in [-0.4, -0.2) is 6.29 Å². The fourth-order valence-corrected chi connectivity index (χ4v) is 0.411. The first-order valence-electron chi connectivity index (χ1n) is 3.14. The molecule has 0 atom stereocenters. The quantitative estimate of drug-likeness (QED) is 0.256. The second-order valence-electron chi connectivity index (χ2n) is 1.62. The molecule has 0 aliphatic carbocycles. The van der Waals surface area contributed by atoms with Gasteiger partial charge in [-0.2, -0.15) is 0 Å². The molecule has 2 nitrogen and oxygen atoms in total. The third-order valence-electron chi connectivity index (χ3n) is 0.824. The maximum absolute atomic E-state index is 9.75. The Morgan fingerprint density at radius 1 is 0.727 bits per heavy atom. The molecule has 0 aliphatic heterocycles. The van der Waals surface area contributed by atoms with Crippen LogP contribution in [-0.2, 0) is 4.79 Å². The zero-order chi connectivity index (χ0) is 8.36. The van der Waals surface area contributed by atoms with Gasteiger partial charge in [0.25, 0.3) is 0 Å². The van der Waals surface area contributed by atoms with Crippen molar-refractivity contribution in [3.8, 4) is 0 Å². The van der Waals surface area contributed by atoms with Crippen LogP contribution < -0.4 is 5.11 Å². The molecule has 0 bridgehead atoms. The van der Waals surface area contributed by atoms with Crippen molar-refractivity contribution in [3.05, 3.63) is 48.8 Å². The summed E-state index contributed by atoms with van der Waals surface area (Å²) in [5.41, 5.74) is 0. The highest BCUT2D eigenvalue weighted by molar-refractivity contribution is 5.65. The van der Waals surface area contributed by atoms with Gasteiger partial charge < -0.3 is 5.11 Å². The third kappa shape index (κ3) is 8.43. The summed E-state index contributed by atoms with van der Waals surface area (Å²) < 4.78 is 0. The normalized spacial score (nSPS) is 12.7. The average Bonchev–Trinajstić information content (AvgIpc) is 2.03. The van der Waals surface area contributed by atoms with Crippen molar-refractivity contribution >= 4 is 6.29 Å². The van der Waals surface area contributed by atoms with Gasteiger partial charge in [0.1, 0.15) is 6.29 Å². The monoisotopic (exact) mass is 149 g/mol. The smallest absolute Gasteiger partial charge is 0.142 e. The molecule has 0 aromatic carbocycles. The molecular weight excluding hydrogens is 140 g/mol. The van der Waals surface area contributed by atoms with E-state index in [1.807, 2.05) is 0 Å². The molecule has 0 heterocycles. The van der Waals surface area contributed by atoms with Crippen molar-refractivity contribution in [1.29, 1.82) is 0 Å². The molecule has 0 rings (SSSR count). The van der Waals surface area contributed by atoms with E-state index in [1.165, 1.54) is 12.2 Å². The van der Waals surface area contributed by atoms with E-state index in [0.29, 0.717) is 12.5 Å². The summed E-state index contributed by atoms with van der Waals surface area (Å²) in [5.74, 6) is 0. The van der Waals surface area contributed by atoms with E-state index < -0.39 is 0 Å². The van der Waals surface area contributed by atoms with Crippen LogP contribution in [0.4, 0.5) is 0 Å². The Labute approximate surface area is 65.9 Å². The molecule has 2 heteroatoms. The van der Waals surface area contributed by atoms with E-state index in [4.69, 9.17) is 0 Å². The van der Waals surface area contributed by atoms with E-state index in [9.17, 15) is 9.90 Å². The average molecular weight is 149 g/mol. The molecule has 11 heavy (non-hydrogen) atoms. The van der Waals surface area contributed by atoms with Crippen molar-refractivity contribution < 1.29 is 9.90 Å². The summed E-state index contributed by atoms with van der Waals surface area (Å²) in [6, 6.07) is 0. The van der Waals surface area contributed by atoms with Crippen LogP contribution in [0.5, 0.6) is 0 Å². The molecule has 0 amide bonds. The van der Waals surface area contributed by atoms with Crippen LogP contribution in [0.15, 0.2) is 48.8 Å². The molecule has 0 aliphatic rings. The van der Waals surface area contributed by atoms with Gasteiger partial charge in [-0.3, -0.25) is 4.79 Å². The highest BCUT2D eigenvalue weighted by atomic mass is 16.2. The first-order valence-corrected chi connectivity index (χ1v) is 3.14. The maximum Gasteiger partial charge on any atom is 0.142 e. The Morgan fingerprint density at radius 2 is 1.18 bits per heavy atom. The SMILES string of the molecule is O=C/C=C/C=C/C=C/C=C/[O-]. The van der Waals surface area contributed by atoms with Gasteiger partial charge in [0.15, 0.2) is 0 Å². The van der Waals surface area contributed by atoms with Gasteiger partial charge in [-0.15, -0.1) is 6.26 Å². The Hall–Kier alpha value is -1.57. The lowest BCUT2D eigenvalue weighted by molar-refractivity contribution is -0.274. The zero-order valence-electron chi connectivity index (χ0n) is 6.01. The molecule has 0 unspecified atom stereocenters. The van der Waals surface area contributed by atoms with E-state index in [1.54, 1.807) is 30.4 Å². The first kappa shape index (κ1) is 9.43. The summed E-state index contributed by atoms with van der Waals surface area (Å²) >= 11 is 0. The minimum absolute atomic E-state index is 0.700. The molecule has 0 aromatic rings. The summed E-state index contributed by atoms with van der Waals surface area (Å²) in [7, 11) is 0. The Morgan fingerprint density at radius 3 is 1.64 bits per heavy atom. The Kier molecular flexibility index (Phi) is 7.23. The van der Waals surface area contributed by atoms with Crippen LogP contribution in [0.2, 0.25) is 0 Å². The van der Waals surface area contributed by atoms with Gasteiger partial charge in [0.2, 0.25) is 0 Å². The van der Waals surface area contributed by atoms with Crippen LogP contribution in [0.1, 0.15) is 0 Å². The predicted molar refractivity (Wildman–Crippen MR) is 42.6 cm³/mol. The van der Waals surface area contributed by atoms with Gasteiger partial charge >= 0.3 is 0 Å². The molecule has 0 spiro atoms. The minimum Gasteiger partial charge on any atom is -0.878 e. The molecule has 58 valence electrons. The topological polar surface area (TPSA) is 40.1 Å². The lowest BCUT2D eigenvalue weighted by Gasteiger charge is -1.80. The number of carbonyl (C=O) groups excluding carboxylic acids is 1. The first-order chi connectivity index (χ1) is 5.41. The molecule has 0 radical (unpaired) electrons. The fraction of sp³-hybridized carbons (Fsp3) is 0. The second-order valence-corrected chi connectivity index (χ2v) is 1.62. The van der Waals surface area contributed by atoms with Crippen molar-refractivity contribution in [2.24, 2.45) is 0 Å². The zero-order valence-corrected chi connectivity index (χ0v) is 6.01. The molecule has 0 saturated heterocycles. The predicted octanol–water partition coefficient (Wildman–Crippen LogP) is 0.728. The van der Waals surface area contributed by atoms with E-state index in [-0.39, 0.29) is 0 Å². The molecule has 0 aromatic heterocycles. The van der Waals surface area contributed by atoms with Gasteiger partial charge in [0.05, 0.1) is 0 Å². The van der Waals surface area contributed by atoms with Crippen molar-refractivity contribution in [2.75, 3.05) is 0 Å². The molecule has 0 N–H and O–H groups in total. The number of hydrogen-bond donors (Lipinski definition) is 0. The third-order valence-corrected chi connectivity index (χ3v) is 0.824. The highest BCUT2D eigenvalue weighted by Crippen LogP contribution is 1.79. The van der Waals surface area contributed by atoms with Crippen LogP contribution in [0, 0.1) is 0 Å². The summed E-state index contributed by atoms with van der Waals surface area (Å²) in [5, 5.41) is 9.75. The summed E-state index contributed by atoms with van der Waals surface area (Å²) in [6.45, 7) is 0. The molecule has 0 fully saturated rings. The second kappa shape index (κ2) is 8.43. The van der Waals surface area contributed by atoms with Gasteiger partial charge in [-0.1, -0.05) is 36.5 Å². The highest BCUT2D eigenvalue weighted by Gasteiger charge is 1.60. The van der Waals surface area contributed by atoms with Gasteiger partial charge in [-0.05, 0) is 6.08 Å². The van der Waals surface area contributed by atoms with Crippen LogP contribution in [0.3, 0.4) is 0 Å². The molecular formula is C9H9O2-. The van der Waals surface area contributed by atoms with E-state index >= 15 is 0 Å². The lowest BCUT2D eigenvalue weighted by Crippen LogP contribution is -1.81.